The number of rotatable bonds is 4. The number of amides is 1. The van der Waals surface area contributed by atoms with Gasteiger partial charge < -0.3 is 4.74 Å². The number of carbonyl (C=O) groups is 1. The molecule has 4 nitrogen and oxygen atoms in total. The standard InChI is InChI=1S/C18H16Cl2N2O2S/c1-24-16-7-6-14(20)10-15(16)17(23)22-9-8-21-18(22)25-11-12-2-4-13(19)5-3-12/h2-7,10H,8-9,11H2,1H3. The molecule has 25 heavy (non-hydrogen) atoms. The second kappa shape index (κ2) is 8.13. The summed E-state index contributed by atoms with van der Waals surface area (Å²) in [7, 11) is 1.54. The Bertz CT molecular complexity index is 809. The number of benzene rings is 2. The molecule has 2 aromatic rings. The summed E-state index contributed by atoms with van der Waals surface area (Å²) in [5.41, 5.74) is 1.56. The van der Waals surface area contributed by atoms with Crippen molar-refractivity contribution in [3.8, 4) is 5.75 Å². The third kappa shape index (κ3) is 4.29. The zero-order chi connectivity index (χ0) is 17.8. The molecule has 1 aliphatic heterocycles. The zero-order valence-electron chi connectivity index (χ0n) is 13.5. The molecule has 7 heteroatoms. The normalized spacial score (nSPS) is 13.7. The van der Waals surface area contributed by atoms with Gasteiger partial charge in [0, 0.05) is 22.3 Å². The predicted octanol–water partition coefficient (Wildman–Crippen LogP) is 4.75. The molecular formula is C18H16Cl2N2O2S. The van der Waals surface area contributed by atoms with Crippen LogP contribution in [-0.2, 0) is 5.75 Å². The summed E-state index contributed by atoms with van der Waals surface area (Å²) < 4.78 is 5.29. The molecule has 0 spiro atoms. The van der Waals surface area contributed by atoms with Crippen LogP contribution in [0, 0.1) is 0 Å². The fourth-order valence-corrected chi connectivity index (χ4v) is 3.76. The Hall–Kier alpha value is -1.69. The van der Waals surface area contributed by atoms with E-state index >= 15 is 0 Å². The minimum atomic E-state index is -0.154. The third-order valence-corrected chi connectivity index (χ3v) is 5.29. The van der Waals surface area contributed by atoms with Crippen molar-refractivity contribution in [1.82, 2.24) is 4.90 Å². The summed E-state index contributed by atoms with van der Waals surface area (Å²) in [5, 5.41) is 1.91. The van der Waals surface area contributed by atoms with E-state index in [4.69, 9.17) is 27.9 Å². The fraction of sp³-hybridized carbons (Fsp3) is 0.222. The first kappa shape index (κ1) is 18.1. The monoisotopic (exact) mass is 394 g/mol. The Labute approximate surface area is 160 Å². The molecule has 1 amide bonds. The first-order valence-electron chi connectivity index (χ1n) is 7.65. The van der Waals surface area contributed by atoms with Crippen molar-refractivity contribution in [1.29, 1.82) is 0 Å². The number of aliphatic imine (C=N–C) groups is 1. The van der Waals surface area contributed by atoms with E-state index in [-0.39, 0.29) is 5.91 Å². The number of amidine groups is 1. The maximum atomic E-state index is 12.9. The summed E-state index contributed by atoms with van der Waals surface area (Å²) in [6.45, 7) is 1.15. The van der Waals surface area contributed by atoms with Crippen molar-refractivity contribution in [2.75, 3.05) is 20.2 Å². The van der Waals surface area contributed by atoms with E-state index in [0.29, 0.717) is 45.4 Å². The van der Waals surface area contributed by atoms with Crippen LogP contribution in [0.4, 0.5) is 0 Å². The van der Waals surface area contributed by atoms with E-state index < -0.39 is 0 Å². The van der Waals surface area contributed by atoms with Gasteiger partial charge in [0.05, 0.1) is 19.2 Å². The zero-order valence-corrected chi connectivity index (χ0v) is 15.9. The van der Waals surface area contributed by atoms with Crippen LogP contribution in [0.3, 0.4) is 0 Å². The molecule has 0 N–H and O–H groups in total. The van der Waals surface area contributed by atoms with Crippen LogP contribution in [0.15, 0.2) is 47.5 Å². The molecule has 0 atom stereocenters. The van der Waals surface area contributed by atoms with Gasteiger partial charge in [-0.15, -0.1) is 0 Å². The molecule has 2 aromatic carbocycles. The van der Waals surface area contributed by atoms with Crippen LogP contribution in [0.2, 0.25) is 10.0 Å². The molecule has 0 fully saturated rings. The predicted molar refractivity (Wildman–Crippen MR) is 104 cm³/mol. The smallest absolute Gasteiger partial charge is 0.263 e. The Morgan fingerprint density at radius 1 is 1.20 bits per heavy atom. The number of carbonyl (C=O) groups excluding carboxylic acids is 1. The second-order valence-electron chi connectivity index (χ2n) is 5.38. The number of ether oxygens (including phenoxy) is 1. The quantitative estimate of drug-likeness (QED) is 0.751. The maximum Gasteiger partial charge on any atom is 0.263 e. The lowest BCUT2D eigenvalue weighted by molar-refractivity contribution is 0.0857. The highest BCUT2D eigenvalue weighted by Gasteiger charge is 2.27. The molecule has 0 saturated carbocycles. The Morgan fingerprint density at radius 2 is 1.92 bits per heavy atom. The fourth-order valence-electron chi connectivity index (χ4n) is 2.46. The first-order chi connectivity index (χ1) is 12.1. The van der Waals surface area contributed by atoms with E-state index in [1.165, 1.54) is 18.9 Å². The van der Waals surface area contributed by atoms with Gasteiger partial charge in [0.25, 0.3) is 5.91 Å². The molecule has 3 rings (SSSR count). The van der Waals surface area contributed by atoms with Crippen LogP contribution in [-0.4, -0.2) is 36.2 Å². The van der Waals surface area contributed by atoms with Crippen molar-refractivity contribution >= 4 is 46.0 Å². The van der Waals surface area contributed by atoms with Gasteiger partial charge >= 0.3 is 0 Å². The minimum absolute atomic E-state index is 0.154. The van der Waals surface area contributed by atoms with Gasteiger partial charge in [-0.05, 0) is 35.9 Å². The number of hydrogen-bond donors (Lipinski definition) is 0. The van der Waals surface area contributed by atoms with Crippen molar-refractivity contribution in [3.05, 3.63) is 63.6 Å². The summed E-state index contributed by atoms with van der Waals surface area (Å²) in [6, 6.07) is 12.7. The van der Waals surface area contributed by atoms with Gasteiger partial charge in [-0.1, -0.05) is 47.1 Å². The van der Waals surface area contributed by atoms with E-state index in [1.807, 2.05) is 24.3 Å². The van der Waals surface area contributed by atoms with Crippen LogP contribution in [0.1, 0.15) is 15.9 Å². The largest absolute Gasteiger partial charge is 0.496 e. The third-order valence-electron chi connectivity index (χ3n) is 3.72. The number of halogens is 2. The Kier molecular flexibility index (Phi) is 5.89. The van der Waals surface area contributed by atoms with Gasteiger partial charge in [-0.3, -0.25) is 14.7 Å². The van der Waals surface area contributed by atoms with Crippen LogP contribution in [0.5, 0.6) is 5.75 Å². The second-order valence-corrected chi connectivity index (χ2v) is 7.20. The summed E-state index contributed by atoms with van der Waals surface area (Å²) >= 11 is 13.5. The van der Waals surface area contributed by atoms with E-state index in [1.54, 1.807) is 23.1 Å². The molecular weight excluding hydrogens is 379 g/mol. The average molecular weight is 395 g/mol. The number of methoxy groups -OCH3 is 1. The highest BCUT2D eigenvalue weighted by molar-refractivity contribution is 8.13. The summed E-state index contributed by atoms with van der Waals surface area (Å²) in [6.07, 6.45) is 0. The summed E-state index contributed by atoms with van der Waals surface area (Å²) in [5.74, 6) is 1.06. The van der Waals surface area contributed by atoms with E-state index in [0.717, 1.165) is 5.56 Å². The molecule has 0 bridgehead atoms. The lowest BCUT2D eigenvalue weighted by atomic mass is 10.2. The SMILES string of the molecule is COc1ccc(Cl)cc1C(=O)N1CCN=C1SCc1ccc(Cl)cc1. The molecule has 0 unspecified atom stereocenters. The van der Waals surface area contributed by atoms with Gasteiger partial charge in [-0.25, -0.2) is 0 Å². The van der Waals surface area contributed by atoms with Crippen LogP contribution < -0.4 is 4.74 Å². The van der Waals surface area contributed by atoms with Gasteiger partial charge in [0.2, 0.25) is 0 Å². The van der Waals surface area contributed by atoms with Crippen molar-refractivity contribution < 1.29 is 9.53 Å². The molecule has 0 aromatic heterocycles. The van der Waals surface area contributed by atoms with Gasteiger partial charge in [0.15, 0.2) is 5.17 Å². The number of nitrogens with zero attached hydrogens (tertiary/aromatic N) is 2. The molecule has 0 radical (unpaired) electrons. The molecule has 1 aliphatic rings. The van der Waals surface area contributed by atoms with Crippen LogP contribution in [0.25, 0.3) is 0 Å². The average Bonchev–Trinajstić information content (AvgIpc) is 3.09. The van der Waals surface area contributed by atoms with Gasteiger partial charge in [0.1, 0.15) is 5.75 Å². The van der Waals surface area contributed by atoms with Crippen molar-refractivity contribution in [2.24, 2.45) is 4.99 Å². The maximum absolute atomic E-state index is 12.9. The van der Waals surface area contributed by atoms with Crippen LogP contribution >= 0.6 is 35.0 Å². The Balaban J connectivity index is 1.73. The molecule has 0 saturated heterocycles. The number of hydrogen-bond acceptors (Lipinski definition) is 4. The molecule has 130 valence electrons. The summed E-state index contributed by atoms with van der Waals surface area (Å²) in [4.78, 5) is 19.1. The highest BCUT2D eigenvalue weighted by Crippen LogP contribution is 2.27. The Morgan fingerprint density at radius 3 is 2.64 bits per heavy atom. The molecule has 0 aliphatic carbocycles. The topological polar surface area (TPSA) is 41.9 Å². The highest BCUT2D eigenvalue weighted by atomic mass is 35.5. The number of thioether (sulfide) groups is 1. The lowest BCUT2D eigenvalue weighted by Crippen LogP contribution is -2.33. The lowest BCUT2D eigenvalue weighted by Gasteiger charge is -2.19. The van der Waals surface area contributed by atoms with Crippen molar-refractivity contribution in [2.45, 2.75) is 5.75 Å². The van der Waals surface area contributed by atoms with Gasteiger partial charge in [-0.2, -0.15) is 0 Å². The first-order valence-corrected chi connectivity index (χ1v) is 9.40. The van der Waals surface area contributed by atoms with Crippen molar-refractivity contribution in [3.63, 3.8) is 0 Å². The molecule has 1 heterocycles. The minimum Gasteiger partial charge on any atom is -0.496 e. The van der Waals surface area contributed by atoms with E-state index in [2.05, 4.69) is 4.99 Å². The van der Waals surface area contributed by atoms with E-state index in [9.17, 15) is 4.79 Å².